The zero-order valence-electron chi connectivity index (χ0n) is 9.75. The molecular weight excluding hydrogens is 225 g/mol. The lowest BCUT2D eigenvalue weighted by Crippen LogP contribution is -2.11. The van der Waals surface area contributed by atoms with Crippen LogP contribution in [0, 0.1) is 5.82 Å². The fraction of sp³-hybridized carbons (Fsp3) is 0.500. The minimum absolute atomic E-state index is 0.171. The predicted molar refractivity (Wildman–Crippen MR) is 66.4 cm³/mol. The minimum atomic E-state index is -0.171. The number of nitrogens with one attached hydrogen (secondary N) is 1. The van der Waals surface area contributed by atoms with E-state index in [0.717, 1.165) is 22.8 Å². The molecule has 0 spiro atoms. The van der Waals surface area contributed by atoms with E-state index in [1.807, 2.05) is 13.0 Å². The Balaban J connectivity index is 2.58. The van der Waals surface area contributed by atoms with Gasteiger partial charge in [0.2, 0.25) is 0 Å². The summed E-state index contributed by atoms with van der Waals surface area (Å²) >= 11 is 1.61. The Morgan fingerprint density at radius 1 is 1.38 bits per heavy atom. The molecule has 1 aromatic carbocycles. The summed E-state index contributed by atoms with van der Waals surface area (Å²) in [5, 5.41) is 3.19. The number of halogens is 1. The van der Waals surface area contributed by atoms with Crippen molar-refractivity contribution in [1.82, 2.24) is 5.32 Å². The second kappa shape index (κ2) is 7.65. The van der Waals surface area contributed by atoms with Crippen LogP contribution in [-0.4, -0.2) is 26.0 Å². The number of methoxy groups -OCH3 is 1. The van der Waals surface area contributed by atoms with E-state index >= 15 is 0 Å². The zero-order chi connectivity index (χ0) is 11.8. The van der Waals surface area contributed by atoms with Crippen LogP contribution in [0.25, 0.3) is 0 Å². The molecule has 0 aromatic heterocycles. The summed E-state index contributed by atoms with van der Waals surface area (Å²) in [7, 11) is 1.67. The van der Waals surface area contributed by atoms with Crippen LogP contribution in [-0.2, 0) is 11.3 Å². The van der Waals surface area contributed by atoms with Gasteiger partial charge >= 0.3 is 0 Å². The molecule has 0 atom stereocenters. The van der Waals surface area contributed by atoms with Crippen LogP contribution in [0.2, 0.25) is 0 Å². The zero-order valence-corrected chi connectivity index (χ0v) is 10.6. The summed E-state index contributed by atoms with van der Waals surface area (Å²) in [6.45, 7) is 4.33. The molecule has 0 bridgehead atoms. The molecule has 0 saturated heterocycles. The summed E-state index contributed by atoms with van der Waals surface area (Å²) in [4.78, 5) is 0.963. The summed E-state index contributed by atoms with van der Waals surface area (Å²) in [6, 6.07) is 5.16. The first-order chi connectivity index (χ1) is 7.76. The van der Waals surface area contributed by atoms with Crippen LogP contribution in [0.4, 0.5) is 4.39 Å². The monoisotopic (exact) mass is 243 g/mol. The third-order valence-electron chi connectivity index (χ3n) is 2.07. The van der Waals surface area contributed by atoms with Gasteiger partial charge in [0.25, 0.3) is 0 Å². The number of hydrogen-bond donors (Lipinski definition) is 1. The van der Waals surface area contributed by atoms with Gasteiger partial charge in [-0.2, -0.15) is 0 Å². The molecule has 1 rings (SSSR count). The van der Waals surface area contributed by atoms with Gasteiger partial charge in [-0.3, -0.25) is 0 Å². The van der Waals surface area contributed by atoms with E-state index < -0.39 is 0 Å². The molecular formula is C12H18FNOS. The highest BCUT2D eigenvalue weighted by Crippen LogP contribution is 2.20. The van der Waals surface area contributed by atoms with Gasteiger partial charge in [-0.25, -0.2) is 4.39 Å². The molecule has 0 radical (unpaired) electrons. The first-order valence-corrected chi connectivity index (χ1v) is 6.36. The molecule has 16 heavy (non-hydrogen) atoms. The normalized spacial score (nSPS) is 10.7. The molecule has 4 heteroatoms. The molecule has 0 heterocycles. The molecule has 0 amide bonds. The van der Waals surface area contributed by atoms with E-state index in [0.29, 0.717) is 13.2 Å². The Bertz CT molecular complexity index is 320. The van der Waals surface area contributed by atoms with Crippen LogP contribution >= 0.6 is 11.8 Å². The average molecular weight is 243 g/mol. The van der Waals surface area contributed by atoms with Crippen molar-refractivity contribution in [3.05, 3.63) is 29.6 Å². The number of benzene rings is 1. The van der Waals surface area contributed by atoms with Crippen molar-refractivity contribution in [2.24, 2.45) is 0 Å². The van der Waals surface area contributed by atoms with E-state index in [1.165, 1.54) is 0 Å². The summed E-state index contributed by atoms with van der Waals surface area (Å²) < 4.78 is 18.3. The van der Waals surface area contributed by atoms with Crippen LogP contribution < -0.4 is 5.32 Å². The number of hydrogen-bond acceptors (Lipinski definition) is 3. The summed E-state index contributed by atoms with van der Waals surface area (Å²) in [6.07, 6.45) is 0. The van der Waals surface area contributed by atoms with E-state index in [2.05, 4.69) is 5.32 Å². The molecule has 1 aromatic rings. The molecule has 0 aliphatic heterocycles. The summed E-state index contributed by atoms with van der Waals surface area (Å²) in [5.41, 5.74) is 0.988. The highest BCUT2D eigenvalue weighted by atomic mass is 32.2. The Hall–Kier alpha value is -0.580. The second-order valence-corrected chi connectivity index (χ2v) is 4.59. The van der Waals surface area contributed by atoms with Gasteiger partial charge in [-0.15, -0.1) is 11.8 Å². The van der Waals surface area contributed by atoms with Gasteiger partial charge in [0.05, 0.1) is 6.61 Å². The average Bonchev–Trinajstić information content (AvgIpc) is 2.26. The number of ether oxygens (including phenoxy) is 1. The number of thioether (sulfide) groups is 1. The van der Waals surface area contributed by atoms with E-state index in [-0.39, 0.29) is 5.82 Å². The van der Waals surface area contributed by atoms with Crippen LogP contribution in [0.1, 0.15) is 12.5 Å². The first kappa shape index (κ1) is 13.5. The highest BCUT2D eigenvalue weighted by molar-refractivity contribution is 7.99. The lowest BCUT2D eigenvalue weighted by atomic mass is 10.2. The SMILES string of the molecule is CCNCc1cc(F)cc(SCCOC)c1. The molecule has 90 valence electrons. The summed E-state index contributed by atoms with van der Waals surface area (Å²) in [5.74, 6) is 0.677. The Kier molecular flexibility index (Phi) is 6.45. The second-order valence-electron chi connectivity index (χ2n) is 3.42. The molecule has 0 unspecified atom stereocenters. The van der Waals surface area contributed by atoms with Crippen molar-refractivity contribution >= 4 is 11.8 Å². The minimum Gasteiger partial charge on any atom is -0.384 e. The first-order valence-electron chi connectivity index (χ1n) is 5.38. The van der Waals surface area contributed by atoms with Crippen LogP contribution in [0.15, 0.2) is 23.1 Å². The maximum atomic E-state index is 13.3. The molecule has 0 aliphatic rings. The van der Waals surface area contributed by atoms with Gasteiger partial charge in [0.15, 0.2) is 0 Å². The van der Waals surface area contributed by atoms with Crippen molar-refractivity contribution in [3.8, 4) is 0 Å². The molecule has 2 nitrogen and oxygen atoms in total. The predicted octanol–water partition coefficient (Wildman–Crippen LogP) is 2.67. The van der Waals surface area contributed by atoms with Crippen LogP contribution in [0.3, 0.4) is 0 Å². The Labute approximate surface area is 101 Å². The fourth-order valence-corrected chi connectivity index (χ4v) is 2.23. The molecule has 1 N–H and O–H groups in total. The van der Waals surface area contributed by atoms with Crippen molar-refractivity contribution < 1.29 is 9.13 Å². The molecule has 0 saturated carbocycles. The Morgan fingerprint density at radius 3 is 2.88 bits per heavy atom. The molecule has 0 fully saturated rings. The smallest absolute Gasteiger partial charge is 0.124 e. The number of rotatable bonds is 7. The van der Waals surface area contributed by atoms with Gasteiger partial charge in [0.1, 0.15) is 5.82 Å². The van der Waals surface area contributed by atoms with E-state index in [4.69, 9.17) is 4.74 Å². The van der Waals surface area contributed by atoms with Crippen LogP contribution in [0.5, 0.6) is 0 Å². The quantitative estimate of drug-likeness (QED) is 0.587. The van der Waals surface area contributed by atoms with E-state index in [1.54, 1.807) is 31.0 Å². The van der Waals surface area contributed by atoms with E-state index in [9.17, 15) is 4.39 Å². The van der Waals surface area contributed by atoms with Gasteiger partial charge < -0.3 is 10.1 Å². The van der Waals surface area contributed by atoms with Crippen molar-refractivity contribution in [2.75, 3.05) is 26.0 Å². The van der Waals surface area contributed by atoms with Crippen molar-refractivity contribution in [1.29, 1.82) is 0 Å². The molecule has 0 aliphatic carbocycles. The van der Waals surface area contributed by atoms with Crippen molar-refractivity contribution in [3.63, 3.8) is 0 Å². The lowest BCUT2D eigenvalue weighted by molar-refractivity contribution is 0.218. The van der Waals surface area contributed by atoms with Crippen molar-refractivity contribution in [2.45, 2.75) is 18.4 Å². The highest BCUT2D eigenvalue weighted by Gasteiger charge is 2.01. The maximum Gasteiger partial charge on any atom is 0.124 e. The lowest BCUT2D eigenvalue weighted by Gasteiger charge is -2.06. The topological polar surface area (TPSA) is 21.3 Å². The standard InChI is InChI=1S/C12H18FNOS/c1-3-14-9-10-6-11(13)8-12(7-10)16-5-4-15-2/h6-8,14H,3-5,9H2,1-2H3. The fourth-order valence-electron chi connectivity index (χ4n) is 1.32. The third-order valence-corrected chi connectivity index (χ3v) is 3.01. The Morgan fingerprint density at radius 2 is 2.19 bits per heavy atom. The largest absolute Gasteiger partial charge is 0.384 e. The maximum absolute atomic E-state index is 13.3. The van der Waals surface area contributed by atoms with Gasteiger partial charge in [-0.1, -0.05) is 6.92 Å². The van der Waals surface area contributed by atoms with Gasteiger partial charge in [0, 0.05) is 24.3 Å². The van der Waals surface area contributed by atoms with Gasteiger partial charge in [-0.05, 0) is 30.3 Å². The third kappa shape index (κ3) is 4.96.